The van der Waals surface area contributed by atoms with Gasteiger partial charge in [0.1, 0.15) is 5.75 Å². The third-order valence-corrected chi connectivity index (χ3v) is 2.23. The number of rotatable bonds is 2. The molecule has 0 amide bonds. The average molecular weight is 200 g/mol. The van der Waals surface area contributed by atoms with Crippen LogP contribution in [0.25, 0.3) is 0 Å². The number of hydrogen-bond donors (Lipinski definition) is 0. The minimum absolute atomic E-state index is 0.360. The monoisotopic (exact) mass is 200 g/mol. The molecule has 1 fully saturated rings. The van der Waals surface area contributed by atoms with Gasteiger partial charge in [-0.2, -0.15) is 0 Å². The molecule has 3 nitrogen and oxygen atoms in total. The van der Waals surface area contributed by atoms with Crippen LogP contribution in [0, 0.1) is 0 Å². The quantitative estimate of drug-likeness (QED) is 0.685. The van der Waals surface area contributed by atoms with Gasteiger partial charge in [-0.3, -0.25) is 9.05 Å². The van der Waals surface area contributed by atoms with Gasteiger partial charge in [0.25, 0.3) is 0 Å². The Balaban J connectivity index is 0.000000396. The molecular formula is C9H13O3P. The molecular weight excluding hydrogens is 187 g/mol. The van der Waals surface area contributed by atoms with Crippen molar-refractivity contribution in [3.05, 3.63) is 30.3 Å². The predicted octanol–water partition coefficient (Wildman–Crippen LogP) is 3.32. The Morgan fingerprint density at radius 1 is 1.15 bits per heavy atom. The lowest BCUT2D eigenvalue weighted by Gasteiger charge is -2.23. The summed E-state index contributed by atoms with van der Waals surface area (Å²) >= 11 is 0. The van der Waals surface area contributed by atoms with Crippen LogP contribution in [0.3, 0.4) is 0 Å². The molecule has 0 spiro atoms. The highest BCUT2D eigenvalue weighted by molar-refractivity contribution is 7.43. The molecule has 1 saturated heterocycles. The summed E-state index contributed by atoms with van der Waals surface area (Å²) in [6.07, 6.45) is 0. The van der Waals surface area contributed by atoms with Crippen LogP contribution in [0.2, 0.25) is 0 Å². The van der Waals surface area contributed by atoms with Crippen LogP contribution in [0.5, 0.6) is 5.75 Å². The normalized spacial score (nSPS) is 15.2. The molecule has 1 heterocycles. The average Bonchev–Trinajstić information content (AvgIpc) is 2.17. The Kier molecular flexibility index (Phi) is 4.76. The van der Waals surface area contributed by atoms with Crippen molar-refractivity contribution in [2.45, 2.75) is 13.8 Å². The van der Waals surface area contributed by atoms with E-state index in [2.05, 4.69) is 0 Å². The SMILES string of the molecule is CC.c1ccc(OP2OCO2)cc1. The van der Waals surface area contributed by atoms with E-state index in [0.29, 0.717) is 6.79 Å². The van der Waals surface area contributed by atoms with Gasteiger partial charge in [0.05, 0.1) is 0 Å². The third kappa shape index (κ3) is 3.31. The fourth-order valence-corrected chi connectivity index (χ4v) is 1.31. The highest BCUT2D eigenvalue weighted by Crippen LogP contribution is 2.47. The molecule has 4 heteroatoms. The summed E-state index contributed by atoms with van der Waals surface area (Å²) < 4.78 is 15.2. The second-order valence-electron chi connectivity index (χ2n) is 2.00. The van der Waals surface area contributed by atoms with Crippen LogP contribution >= 0.6 is 8.60 Å². The van der Waals surface area contributed by atoms with E-state index in [9.17, 15) is 0 Å². The van der Waals surface area contributed by atoms with Crippen molar-refractivity contribution < 1.29 is 13.6 Å². The highest BCUT2D eigenvalue weighted by Gasteiger charge is 2.23. The largest absolute Gasteiger partial charge is 0.427 e. The van der Waals surface area contributed by atoms with Crippen LogP contribution in [0.4, 0.5) is 0 Å². The van der Waals surface area contributed by atoms with Gasteiger partial charge in [-0.05, 0) is 12.1 Å². The van der Waals surface area contributed by atoms with Crippen molar-refractivity contribution in [3.63, 3.8) is 0 Å². The smallest absolute Gasteiger partial charge is 0.401 e. The number of benzene rings is 1. The van der Waals surface area contributed by atoms with E-state index < -0.39 is 8.60 Å². The van der Waals surface area contributed by atoms with Crippen LogP contribution in [0.1, 0.15) is 13.8 Å². The van der Waals surface area contributed by atoms with E-state index in [0.717, 1.165) is 5.75 Å². The summed E-state index contributed by atoms with van der Waals surface area (Å²) in [7, 11) is -1.07. The van der Waals surface area contributed by atoms with E-state index in [4.69, 9.17) is 13.6 Å². The van der Waals surface area contributed by atoms with Crippen LogP contribution in [-0.2, 0) is 9.05 Å². The summed E-state index contributed by atoms with van der Waals surface area (Å²) in [4.78, 5) is 0. The van der Waals surface area contributed by atoms with Gasteiger partial charge in [0.15, 0.2) is 6.79 Å². The van der Waals surface area contributed by atoms with Crippen molar-refractivity contribution in [1.82, 2.24) is 0 Å². The molecule has 1 aromatic carbocycles. The fraction of sp³-hybridized carbons (Fsp3) is 0.333. The van der Waals surface area contributed by atoms with E-state index in [-0.39, 0.29) is 0 Å². The number of hydrogen-bond acceptors (Lipinski definition) is 3. The van der Waals surface area contributed by atoms with E-state index in [1.807, 2.05) is 44.2 Å². The highest BCUT2D eigenvalue weighted by atomic mass is 31.2. The van der Waals surface area contributed by atoms with E-state index in [1.54, 1.807) is 0 Å². The predicted molar refractivity (Wildman–Crippen MR) is 52.4 cm³/mol. The van der Waals surface area contributed by atoms with Gasteiger partial charge in [0, 0.05) is 0 Å². The summed E-state index contributed by atoms with van der Waals surface area (Å²) in [6.45, 7) is 4.36. The van der Waals surface area contributed by atoms with Crippen LogP contribution in [0.15, 0.2) is 30.3 Å². The van der Waals surface area contributed by atoms with Crippen LogP contribution < -0.4 is 4.52 Å². The lowest BCUT2D eigenvalue weighted by atomic mass is 10.3. The molecule has 0 unspecified atom stereocenters. The molecule has 1 aliphatic heterocycles. The minimum Gasteiger partial charge on any atom is -0.427 e. The van der Waals surface area contributed by atoms with Crippen molar-refractivity contribution in [2.75, 3.05) is 6.79 Å². The Bertz CT molecular complexity index is 224. The van der Waals surface area contributed by atoms with E-state index in [1.165, 1.54) is 0 Å². The first-order valence-corrected chi connectivity index (χ1v) is 5.34. The van der Waals surface area contributed by atoms with Gasteiger partial charge in [0.2, 0.25) is 0 Å². The van der Waals surface area contributed by atoms with Gasteiger partial charge < -0.3 is 4.52 Å². The molecule has 0 radical (unpaired) electrons. The second kappa shape index (κ2) is 5.92. The fourth-order valence-electron chi connectivity index (χ4n) is 0.716. The zero-order valence-corrected chi connectivity index (χ0v) is 8.66. The number of para-hydroxylation sites is 1. The van der Waals surface area contributed by atoms with Gasteiger partial charge in [-0.1, -0.05) is 32.0 Å². The van der Waals surface area contributed by atoms with Crippen molar-refractivity contribution in [2.24, 2.45) is 0 Å². The second-order valence-corrected chi connectivity index (χ2v) is 3.15. The maximum absolute atomic E-state index is 5.27. The molecule has 1 aromatic rings. The molecule has 2 rings (SSSR count). The molecule has 13 heavy (non-hydrogen) atoms. The lowest BCUT2D eigenvalue weighted by molar-refractivity contribution is 0.0108. The molecule has 0 saturated carbocycles. The molecule has 0 atom stereocenters. The van der Waals surface area contributed by atoms with Gasteiger partial charge in [-0.15, -0.1) is 0 Å². The Hall–Kier alpha value is -0.630. The van der Waals surface area contributed by atoms with Crippen molar-refractivity contribution >= 4 is 8.60 Å². The Morgan fingerprint density at radius 2 is 1.77 bits per heavy atom. The third-order valence-electron chi connectivity index (χ3n) is 1.24. The first-order chi connectivity index (χ1) is 6.45. The maximum atomic E-state index is 5.27. The van der Waals surface area contributed by atoms with Gasteiger partial charge >= 0.3 is 8.60 Å². The summed E-state index contributed by atoms with van der Waals surface area (Å²) in [5, 5.41) is 0. The zero-order chi connectivity index (χ0) is 9.52. The zero-order valence-electron chi connectivity index (χ0n) is 7.77. The topological polar surface area (TPSA) is 27.7 Å². The first kappa shape index (κ1) is 10.5. The lowest BCUT2D eigenvalue weighted by Crippen LogP contribution is -2.09. The first-order valence-electron chi connectivity index (χ1n) is 4.24. The molecule has 72 valence electrons. The Labute approximate surface area is 79.6 Å². The summed E-state index contributed by atoms with van der Waals surface area (Å²) in [5.41, 5.74) is 0. The molecule has 0 N–H and O–H groups in total. The Morgan fingerprint density at radius 3 is 2.23 bits per heavy atom. The van der Waals surface area contributed by atoms with Crippen LogP contribution in [-0.4, -0.2) is 6.79 Å². The molecule has 0 aliphatic carbocycles. The van der Waals surface area contributed by atoms with E-state index >= 15 is 0 Å². The molecule has 0 bridgehead atoms. The van der Waals surface area contributed by atoms with Crippen molar-refractivity contribution in [3.8, 4) is 5.75 Å². The minimum atomic E-state index is -1.07. The standard InChI is InChI=1S/C7H7O3P.C2H6/c1-2-4-7(5-3-1)10-11-8-6-9-11;1-2/h1-5H,6H2;1-2H3. The van der Waals surface area contributed by atoms with Crippen molar-refractivity contribution in [1.29, 1.82) is 0 Å². The van der Waals surface area contributed by atoms with Gasteiger partial charge in [-0.25, -0.2) is 0 Å². The summed E-state index contributed by atoms with van der Waals surface area (Å²) in [6, 6.07) is 9.48. The summed E-state index contributed by atoms with van der Waals surface area (Å²) in [5.74, 6) is 0.790. The molecule has 0 aromatic heterocycles. The molecule has 1 aliphatic rings. The maximum Gasteiger partial charge on any atom is 0.401 e.